The minimum atomic E-state index is -0.819. The molecule has 2 atom stereocenters. The van der Waals surface area contributed by atoms with Crippen LogP contribution in [0.5, 0.6) is 0 Å². The van der Waals surface area contributed by atoms with E-state index in [1.54, 1.807) is 17.9 Å². The molecule has 1 fully saturated rings. The summed E-state index contributed by atoms with van der Waals surface area (Å²) < 4.78 is 0.882. The molecule has 1 N–H and O–H groups in total. The second-order valence-corrected chi connectivity index (χ2v) is 5.93. The highest BCUT2D eigenvalue weighted by atomic mass is 79.9. The number of thiophene rings is 1. The number of rotatable bonds is 2. The zero-order chi connectivity index (χ0) is 12.6. The van der Waals surface area contributed by atoms with Crippen LogP contribution in [0.1, 0.15) is 23.0 Å². The van der Waals surface area contributed by atoms with Gasteiger partial charge in [0.1, 0.15) is 0 Å². The molecule has 1 aromatic rings. The second-order valence-electron chi connectivity index (χ2n) is 4.10. The zero-order valence-electron chi connectivity index (χ0n) is 9.22. The summed E-state index contributed by atoms with van der Waals surface area (Å²) in [6, 6.07) is 1.54. The number of carboxylic acids is 1. The summed E-state index contributed by atoms with van der Waals surface area (Å²) in [5.41, 5.74) is 0. The summed E-state index contributed by atoms with van der Waals surface area (Å²) in [5.74, 6) is -1.33. The van der Waals surface area contributed by atoms with Crippen LogP contribution in [-0.4, -0.2) is 34.5 Å². The van der Waals surface area contributed by atoms with Gasteiger partial charge in [-0.3, -0.25) is 9.59 Å². The highest BCUT2D eigenvalue weighted by molar-refractivity contribution is 9.10. The van der Waals surface area contributed by atoms with Crippen molar-refractivity contribution in [3.8, 4) is 0 Å². The Morgan fingerprint density at radius 2 is 2.29 bits per heavy atom. The van der Waals surface area contributed by atoms with Crippen LogP contribution in [-0.2, 0) is 4.79 Å². The molecule has 0 spiro atoms. The number of amides is 1. The molecule has 0 aromatic carbocycles. The maximum Gasteiger partial charge on any atom is 0.308 e. The van der Waals surface area contributed by atoms with Gasteiger partial charge in [0, 0.05) is 22.4 Å². The van der Waals surface area contributed by atoms with Crippen molar-refractivity contribution in [1.82, 2.24) is 4.90 Å². The lowest BCUT2D eigenvalue weighted by Gasteiger charge is -2.22. The van der Waals surface area contributed by atoms with Crippen molar-refractivity contribution in [2.75, 3.05) is 6.54 Å². The van der Waals surface area contributed by atoms with Crippen LogP contribution in [0.4, 0.5) is 0 Å². The van der Waals surface area contributed by atoms with Gasteiger partial charge in [0.2, 0.25) is 0 Å². The minimum absolute atomic E-state index is 0.0723. The molecule has 1 amide bonds. The first-order chi connectivity index (χ1) is 8.00. The molecule has 0 aliphatic carbocycles. The smallest absolute Gasteiger partial charge is 0.308 e. The predicted molar refractivity (Wildman–Crippen MR) is 68.3 cm³/mol. The Hall–Kier alpha value is -0.880. The Balaban J connectivity index is 2.14. The predicted octanol–water partition coefficient (Wildman–Crippen LogP) is 2.45. The summed E-state index contributed by atoms with van der Waals surface area (Å²) in [5, 5.41) is 10.9. The molecule has 1 aliphatic rings. The molecule has 0 bridgehead atoms. The topological polar surface area (TPSA) is 57.6 Å². The molecular formula is C11H12BrNO3S. The molecule has 0 radical (unpaired) electrons. The molecule has 92 valence electrons. The highest BCUT2D eigenvalue weighted by Gasteiger charge is 2.38. The van der Waals surface area contributed by atoms with Crippen LogP contribution < -0.4 is 0 Å². The molecular weight excluding hydrogens is 306 g/mol. The van der Waals surface area contributed by atoms with Crippen LogP contribution in [0.2, 0.25) is 0 Å². The van der Waals surface area contributed by atoms with Crippen molar-refractivity contribution < 1.29 is 14.7 Å². The standard InChI is InChI=1S/C11H12BrNO3S/c1-6-8(11(15)16)2-3-13(6)10(14)9-4-7(12)5-17-9/h4-6,8H,2-3H2,1H3,(H,15,16). The number of carbonyl (C=O) groups is 2. The van der Waals surface area contributed by atoms with Crippen molar-refractivity contribution >= 4 is 39.1 Å². The summed E-state index contributed by atoms with van der Waals surface area (Å²) in [6.45, 7) is 2.32. The Labute approximate surface area is 111 Å². The number of aliphatic carboxylic acids is 1. The molecule has 6 heteroatoms. The number of hydrogen-bond acceptors (Lipinski definition) is 3. The molecule has 17 heavy (non-hydrogen) atoms. The van der Waals surface area contributed by atoms with Crippen LogP contribution in [0, 0.1) is 5.92 Å². The van der Waals surface area contributed by atoms with Crippen LogP contribution in [0.3, 0.4) is 0 Å². The number of carbonyl (C=O) groups excluding carboxylic acids is 1. The number of likely N-dealkylation sites (tertiary alicyclic amines) is 1. The fourth-order valence-corrected chi connectivity index (χ4v) is 3.50. The third-order valence-corrected chi connectivity index (χ3v) is 4.79. The monoisotopic (exact) mass is 317 g/mol. The highest BCUT2D eigenvalue weighted by Crippen LogP contribution is 2.28. The third-order valence-electron chi connectivity index (χ3n) is 3.11. The van der Waals surface area contributed by atoms with Gasteiger partial charge in [-0.25, -0.2) is 0 Å². The number of nitrogens with zero attached hydrogens (tertiary/aromatic N) is 1. The van der Waals surface area contributed by atoms with Gasteiger partial charge in [0.25, 0.3) is 5.91 Å². The van der Waals surface area contributed by atoms with Gasteiger partial charge in [-0.05, 0) is 35.3 Å². The summed E-state index contributed by atoms with van der Waals surface area (Å²) in [7, 11) is 0. The zero-order valence-corrected chi connectivity index (χ0v) is 11.6. The van der Waals surface area contributed by atoms with Crippen molar-refractivity contribution in [1.29, 1.82) is 0 Å². The van der Waals surface area contributed by atoms with Crippen molar-refractivity contribution in [3.63, 3.8) is 0 Å². The number of hydrogen-bond donors (Lipinski definition) is 1. The Morgan fingerprint density at radius 3 is 2.76 bits per heavy atom. The van der Waals surface area contributed by atoms with E-state index in [1.165, 1.54) is 11.3 Å². The van der Waals surface area contributed by atoms with E-state index in [4.69, 9.17) is 5.11 Å². The van der Waals surface area contributed by atoms with E-state index in [0.717, 1.165) is 4.47 Å². The third kappa shape index (κ3) is 2.37. The van der Waals surface area contributed by atoms with Crippen molar-refractivity contribution in [2.24, 2.45) is 5.92 Å². The second kappa shape index (κ2) is 4.78. The van der Waals surface area contributed by atoms with E-state index in [1.807, 2.05) is 5.38 Å². The average molecular weight is 318 g/mol. The molecule has 2 unspecified atom stereocenters. The van der Waals surface area contributed by atoms with Crippen LogP contribution >= 0.6 is 27.3 Å². The number of halogens is 1. The van der Waals surface area contributed by atoms with Gasteiger partial charge in [0.05, 0.1) is 10.8 Å². The lowest BCUT2D eigenvalue weighted by molar-refractivity contribution is -0.142. The van der Waals surface area contributed by atoms with Crippen molar-refractivity contribution in [2.45, 2.75) is 19.4 Å². The van der Waals surface area contributed by atoms with Crippen LogP contribution in [0.25, 0.3) is 0 Å². The molecule has 1 saturated heterocycles. The lowest BCUT2D eigenvalue weighted by atomic mass is 10.0. The molecule has 4 nitrogen and oxygen atoms in total. The Morgan fingerprint density at radius 1 is 1.59 bits per heavy atom. The number of carboxylic acid groups (broad SMARTS) is 1. The van der Waals surface area contributed by atoms with E-state index in [0.29, 0.717) is 17.8 Å². The summed E-state index contributed by atoms with van der Waals surface area (Å²) >= 11 is 4.68. The Kier molecular flexibility index (Phi) is 3.53. The molecule has 2 rings (SSSR count). The first-order valence-electron chi connectivity index (χ1n) is 5.28. The fourth-order valence-electron chi connectivity index (χ4n) is 2.12. The molecule has 1 aliphatic heterocycles. The van der Waals surface area contributed by atoms with Crippen molar-refractivity contribution in [3.05, 3.63) is 20.8 Å². The largest absolute Gasteiger partial charge is 0.481 e. The Bertz CT molecular complexity index is 459. The molecule has 2 heterocycles. The van der Waals surface area contributed by atoms with E-state index >= 15 is 0 Å². The molecule has 1 aromatic heterocycles. The van der Waals surface area contributed by atoms with Gasteiger partial charge in [-0.15, -0.1) is 11.3 Å². The van der Waals surface area contributed by atoms with Gasteiger partial charge in [-0.2, -0.15) is 0 Å². The van der Waals surface area contributed by atoms with Gasteiger partial charge in [0.15, 0.2) is 0 Å². The average Bonchev–Trinajstić information content (AvgIpc) is 2.83. The van der Waals surface area contributed by atoms with Gasteiger partial charge < -0.3 is 10.0 Å². The quantitative estimate of drug-likeness (QED) is 0.911. The maximum atomic E-state index is 12.2. The normalized spacial score (nSPS) is 24.0. The lowest BCUT2D eigenvalue weighted by Crippen LogP contribution is -2.37. The fraction of sp³-hybridized carbons (Fsp3) is 0.455. The maximum absolute atomic E-state index is 12.2. The first kappa shape index (κ1) is 12.6. The summed E-state index contributed by atoms with van der Waals surface area (Å²) in [6.07, 6.45) is 0.536. The van der Waals surface area contributed by atoms with Gasteiger partial charge >= 0.3 is 5.97 Å². The van der Waals surface area contributed by atoms with E-state index in [9.17, 15) is 9.59 Å². The molecule has 0 saturated carbocycles. The van der Waals surface area contributed by atoms with E-state index in [2.05, 4.69) is 15.9 Å². The van der Waals surface area contributed by atoms with E-state index < -0.39 is 11.9 Å². The summed E-state index contributed by atoms with van der Waals surface area (Å²) in [4.78, 5) is 25.4. The minimum Gasteiger partial charge on any atom is -0.481 e. The van der Waals surface area contributed by atoms with Gasteiger partial charge in [-0.1, -0.05) is 0 Å². The SMILES string of the molecule is CC1C(C(=O)O)CCN1C(=O)c1cc(Br)cs1. The first-order valence-corrected chi connectivity index (χ1v) is 6.95. The van der Waals surface area contributed by atoms with Crippen LogP contribution in [0.15, 0.2) is 15.9 Å². The van der Waals surface area contributed by atoms with E-state index in [-0.39, 0.29) is 11.9 Å².